The Balaban J connectivity index is 1.80. The van der Waals surface area contributed by atoms with Crippen LogP contribution < -0.4 is 5.73 Å². The minimum absolute atomic E-state index is 0.0555. The Kier molecular flexibility index (Phi) is 4.03. The largest absolute Gasteiger partial charge is 0.383 e. The van der Waals surface area contributed by atoms with Gasteiger partial charge in [-0.25, -0.2) is 18.4 Å². The molecule has 1 aromatic carbocycles. The van der Waals surface area contributed by atoms with Gasteiger partial charge in [0.15, 0.2) is 0 Å². The van der Waals surface area contributed by atoms with Crippen molar-refractivity contribution in [3.8, 4) is 0 Å². The molecule has 0 fully saturated rings. The molecular weight excluding hydrogens is 324 g/mol. The second-order valence-corrected chi connectivity index (χ2v) is 7.56. The zero-order chi connectivity index (χ0) is 15.7. The number of halogens is 1. The molecule has 1 aromatic heterocycles. The highest BCUT2D eigenvalue weighted by Crippen LogP contribution is 2.24. The monoisotopic (exact) mass is 338 g/mol. The average Bonchev–Trinajstić information content (AvgIpc) is 2.49. The van der Waals surface area contributed by atoms with Crippen molar-refractivity contribution in [1.29, 1.82) is 0 Å². The van der Waals surface area contributed by atoms with Gasteiger partial charge >= 0.3 is 0 Å². The number of nitrogens with zero attached hydrogens (tertiary/aromatic N) is 3. The summed E-state index contributed by atoms with van der Waals surface area (Å²) in [6.45, 7) is 0.623. The van der Waals surface area contributed by atoms with Gasteiger partial charge in [0.2, 0.25) is 10.0 Å². The van der Waals surface area contributed by atoms with Crippen molar-refractivity contribution in [3.63, 3.8) is 0 Å². The summed E-state index contributed by atoms with van der Waals surface area (Å²) in [5.41, 5.74) is 8.03. The van der Waals surface area contributed by atoms with E-state index < -0.39 is 10.0 Å². The average molecular weight is 339 g/mol. The molecule has 2 N–H and O–H groups in total. The van der Waals surface area contributed by atoms with Crippen LogP contribution in [0.3, 0.4) is 0 Å². The second kappa shape index (κ2) is 5.83. The SMILES string of the molecule is Nc1ncnc2c1CCN(S(=O)(=O)Cc1ccc(Cl)cc1)C2. The highest BCUT2D eigenvalue weighted by molar-refractivity contribution is 7.88. The molecule has 0 aliphatic carbocycles. The van der Waals surface area contributed by atoms with Gasteiger partial charge in [-0.1, -0.05) is 23.7 Å². The molecule has 0 radical (unpaired) electrons. The molecule has 8 heteroatoms. The lowest BCUT2D eigenvalue weighted by atomic mass is 10.1. The molecule has 0 amide bonds. The van der Waals surface area contributed by atoms with Crippen LogP contribution in [-0.4, -0.2) is 29.2 Å². The van der Waals surface area contributed by atoms with Crippen LogP contribution in [0.2, 0.25) is 5.02 Å². The third kappa shape index (κ3) is 3.06. The van der Waals surface area contributed by atoms with E-state index in [1.165, 1.54) is 10.6 Å². The van der Waals surface area contributed by atoms with Crippen LogP contribution in [-0.2, 0) is 28.7 Å². The van der Waals surface area contributed by atoms with Gasteiger partial charge in [-0.15, -0.1) is 0 Å². The summed E-state index contributed by atoms with van der Waals surface area (Å²) in [5, 5.41) is 0.584. The van der Waals surface area contributed by atoms with Gasteiger partial charge in [-0.2, -0.15) is 4.31 Å². The van der Waals surface area contributed by atoms with Crippen LogP contribution in [0.15, 0.2) is 30.6 Å². The van der Waals surface area contributed by atoms with E-state index in [0.29, 0.717) is 35.1 Å². The van der Waals surface area contributed by atoms with Gasteiger partial charge in [0.25, 0.3) is 0 Å². The lowest BCUT2D eigenvalue weighted by molar-refractivity contribution is 0.384. The van der Waals surface area contributed by atoms with Gasteiger partial charge in [0, 0.05) is 17.1 Å². The molecule has 0 spiro atoms. The first-order valence-electron chi connectivity index (χ1n) is 6.76. The summed E-state index contributed by atoms with van der Waals surface area (Å²) in [4.78, 5) is 8.09. The minimum Gasteiger partial charge on any atom is -0.383 e. The summed E-state index contributed by atoms with van der Waals surface area (Å²) >= 11 is 5.82. The third-order valence-corrected chi connectivity index (χ3v) is 5.71. The van der Waals surface area contributed by atoms with Crippen LogP contribution in [0.1, 0.15) is 16.8 Å². The summed E-state index contributed by atoms with van der Waals surface area (Å²) < 4.78 is 26.5. The Hall–Kier alpha value is -1.70. The quantitative estimate of drug-likeness (QED) is 0.918. The van der Waals surface area contributed by atoms with Crippen molar-refractivity contribution in [2.45, 2.75) is 18.7 Å². The molecule has 22 heavy (non-hydrogen) atoms. The molecule has 0 saturated carbocycles. The van der Waals surface area contributed by atoms with Crippen molar-refractivity contribution in [2.24, 2.45) is 0 Å². The van der Waals surface area contributed by atoms with E-state index in [0.717, 1.165) is 5.56 Å². The van der Waals surface area contributed by atoms with Crippen molar-refractivity contribution < 1.29 is 8.42 Å². The summed E-state index contributed by atoms with van der Waals surface area (Å²) in [6.07, 6.45) is 1.89. The molecule has 6 nitrogen and oxygen atoms in total. The van der Waals surface area contributed by atoms with Gasteiger partial charge in [0.1, 0.15) is 12.1 Å². The van der Waals surface area contributed by atoms with E-state index in [1.807, 2.05) is 0 Å². The fourth-order valence-corrected chi connectivity index (χ4v) is 4.09. The molecule has 3 rings (SSSR count). The summed E-state index contributed by atoms with van der Waals surface area (Å²) in [6, 6.07) is 6.81. The molecule has 2 aromatic rings. The van der Waals surface area contributed by atoms with Gasteiger partial charge in [0.05, 0.1) is 18.0 Å². The van der Waals surface area contributed by atoms with E-state index >= 15 is 0 Å². The first-order chi connectivity index (χ1) is 10.5. The highest BCUT2D eigenvalue weighted by atomic mass is 35.5. The Morgan fingerprint density at radius 1 is 1.23 bits per heavy atom. The van der Waals surface area contributed by atoms with Crippen molar-refractivity contribution >= 4 is 27.4 Å². The van der Waals surface area contributed by atoms with Gasteiger partial charge in [-0.3, -0.25) is 0 Å². The van der Waals surface area contributed by atoms with Gasteiger partial charge in [-0.05, 0) is 24.1 Å². The lowest BCUT2D eigenvalue weighted by Crippen LogP contribution is -2.37. The third-order valence-electron chi connectivity index (χ3n) is 3.66. The Labute approximate surface area is 134 Å². The van der Waals surface area contributed by atoms with E-state index in [9.17, 15) is 8.42 Å². The molecule has 0 atom stereocenters. The first kappa shape index (κ1) is 15.2. The lowest BCUT2D eigenvalue weighted by Gasteiger charge is -2.27. The molecule has 2 heterocycles. The maximum atomic E-state index is 12.6. The van der Waals surface area contributed by atoms with Crippen LogP contribution in [0.4, 0.5) is 5.82 Å². The topological polar surface area (TPSA) is 89.2 Å². The fraction of sp³-hybridized carbons (Fsp3) is 0.286. The van der Waals surface area contributed by atoms with Crippen molar-refractivity contribution in [2.75, 3.05) is 12.3 Å². The summed E-state index contributed by atoms with van der Waals surface area (Å²) in [5.74, 6) is 0.375. The second-order valence-electron chi connectivity index (χ2n) is 5.15. The molecule has 0 saturated heterocycles. The predicted octanol–water partition coefficient (Wildman–Crippen LogP) is 1.60. The fourth-order valence-electron chi connectivity index (χ4n) is 2.48. The number of hydrogen-bond donors (Lipinski definition) is 1. The Morgan fingerprint density at radius 2 is 1.95 bits per heavy atom. The number of sulfonamides is 1. The number of fused-ring (bicyclic) bond motifs is 1. The van der Waals surface area contributed by atoms with Crippen LogP contribution in [0.25, 0.3) is 0 Å². The van der Waals surface area contributed by atoms with E-state index in [2.05, 4.69) is 9.97 Å². The van der Waals surface area contributed by atoms with E-state index in [1.54, 1.807) is 24.3 Å². The zero-order valence-electron chi connectivity index (χ0n) is 11.7. The molecule has 1 aliphatic heterocycles. The molecule has 0 bridgehead atoms. The number of nitrogen functional groups attached to an aromatic ring is 1. The number of nitrogens with two attached hydrogens (primary N) is 1. The molecule has 0 unspecified atom stereocenters. The van der Waals surface area contributed by atoms with E-state index in [-0.39, 0.29) is 12.3 Å². The maximum Gasteiger partial charge on any atom is 0.218 e. The van der Waals surface area contributed by atoms with Crippen LogP contribution >= 0.6 is 11.6 Å². The number of hydrogen-bond acceptors (Lipinski definition) is 5. The van der Waals surface area contributed by atoms with Crippen molar-refractivity contribution in [1.82, 2.24) is 14.3 Å². The zero-order valence-corrected chi connectivity index (χ0v) is 13.3. The molecular formula is C14H15ClN4O2S. The molecule has 116 valence electrons. The summed E-state index contributed by atoms with van der Waals surface area (Å²) in [7, 11) is -3.42. The molecule has 1 aliphatic rings. The Bertz CT molecular complexity index is 793. The van der Waals surface area contributed by atoms with E-state index in [4.69, 9.17) is 17.3 Å². The maximum absolute atomic E-state index is 12.6. The number of aromatic nitrogens is 2. The first-order valence-corrected chi connectivity index (χ1v) is 8.75. The highest BCUT2D eigenvalue weighted by Gasteiger charge is 2.28. The standard InChI is InChI=1S/C14H15ClN4O2S/c15-11-3-1-10(2-4-11)8-22(20,21)19-6-5-12-13(7-19)17-9-18-14(12)16/h1-4,9H,5-8H2,(H2,16,17,18). The van der Waals surface area contributed by atoms with Crippen molar-refractivity contribution in [3.05, 3.63) is 52.4 Å². The predicted molar refractivity (Wildman–Crippen MR) is 84.6 cm³/mol. The smallest absolute Gasteiger partial charge is 0.218 e. The Morgan fingerprint density at radius 3 is 2.68 bits per heavy atom. The normalized spacial score (nSPS) is 15.5. The van der Waals surface area contributed by atoms with Crippen LogP contribution in [0, 0.1) is 0 Å². The van der Waals surface area contributed by atoms with Gasteiger partial charge < -0.3 is 5.73 Å². The minimum atomic E-state index is -3.42. The number of benzene rings is 1. The number of rotatable bonds is 3. The van der Waals surface area contributed by atoms with Crippen LogP contribution in [0.5, 0.6) is 0 Å². The number of anilines is 1.